The number of rotatable bonds is 24. The lowest BCUT2D eigenvalue weighted by Gasteiger charge is -2.10. The number of allylic oxidation sites excluding steroid dienone is 1. The largest absolute Gasteiger partial charge is 0.493 e. The van der Waals surface area contributed by atoms with Crippen LogP contribution in [0.1, 0.15) is 146 Å². The normalized spacial score (nSPS) is 12.9. The average Bonchev–Trinajstić information content (AvgIpc) is 3.60. The average molecular weight is 637 g/mol. The first-order valence-corrected chi connectivity index (χ1v) is 19.0. The minimum atomic E-state index is -0.226. The quantitative estimate of drug-likeness (QED) is 0.0557. The number of carbonyl (C=O) groups is 1. The SMILES string of the molecule is CCCCCCCCCCCCCCCCCCc1ccc(OCCc2ccc(OC(=O)C3=C(c4ccccc4)CCC3)cc2)cc1. The van der Waals surface area contributed by atoms with E-state index in [-0.39, 0.29) is 5.97 Å². The van der Waals surface area contributed by atoms with Gasteiger partial charge in [0.15, 0.2) is 0 Å². The van der Waals surface area contributed by atoms with Gasteiger partial charge in [0.1, 0.15) is 11.5 Å². The number of esters is 1. The summed E-state index contributed by atoms with van der Waals surface area (Å²) in [5, 5.41) is 0. The van der Waals surface area contributed by atoms with Crippen LogP contribution in [0.5, 0.6) is 11.5 Å². The number of carbonyl (C=O) groups excluding carboxylic acids is 1. The van der Waals surface area contributed by atoms with Crippen molar-refractivity contribution in [3.63, 3.8) is 0 Å². The Bertz CT molecular complexity index is 1290. The highest BCUT2D eigenvalue weighted by atomic mass is 16.5. The molecule has 0 spiro atoms. The van der Waals surface area contributed by atoms with E-state index in [2.05, 4.69) is 43.3 Å². The van der Waals surface area contributed by atoms with Gasteiger partial charge in [-0.25, -0.2) is 4.79 Å². The first-order chi connectivity index (χ1) is 23.2. The van der Waals surface area contributed by atoms with E-state index in [0.717, 1.165) is 60.1 Å². The predicted molar refractivity (Wildman–Crippen MR) is 198 cm³/mol. The second-order valence-corrected chi connectivity index (χ2v) is 13.5. The number of hydrogen-bond acceptors (Lipinski definition) is 3. The Kier molecular flexibility index (Phi) is 17.3. The van der Waals surface area contributed by atoms with E-state index in [0.29, 0.717) is 12.4 Å². The predicted octanol–water partition coefficient (Wildman–Crippen LogP) is 12.7. The molecule has 0 bridgehead atoms. The zero-order valence-corrected chi connectivity index (χ0v) is 29.3. The summed E-state index contributed by atoms with van der Waals surface area (Å²) in [6.07, 6.45) is 27.2. The number of ether oxygens (including phenoxy) is 2. The lowest BCUT2D eigenvalue weighted by Crippen LogP contribution is -2.11. The Labute approximate surface area is 286 Å². The van der Waals surface area contributed by atoms with Crippen molar-refractivity contribution < 1.29 is 14.3 Å². The molecule has 0 aromatic heterocycles. The van der Waals surface area contributed by atoms with Gasteiger partial charge in [-0.2, -0.15) is 0 Å². The first kappa shape index (κ1) is 36.5. The van der Waals surface area contributed by atoms with Gasteiger partial charge in [-0.1, -0.05) is 158 Å². The second kappa shape index (κ2) is 22.3. The van der Waals surface area contributed by atoms with E-state index in [4.69, 9.17) is 9.47 Å². The summed E-state index contributed by atoms with van der Waals surface area (Å²) in [4.78, 5) is 12.9. The lowest BCUT2D eigenvalue weighted by molar-refractivity contribution is -0.130. The van der Waals surface area contributed by atoms with E-state index in [1.165, 1.54) is 108 Å². The number of unbranched alkanes of at least 4 members (excludes halogenated alkanes) is 15. The first-order valence-electron chi connectivity index (χ1n) is 19.0. The van der Waals surface area contributed by atoms with Gasteiger partial charge >= 0.3 is 5.97 Å². The fourth-order valence-electron chi connectivity index (χ4n) is 6.74. The van der Waals surface area contributed by atoms with Crippen LogP contribution in [0.3, 0.4) is 0 Å². The van der Waals surface area contributed by atoms with Crippen molar-refractivity contribution in [1.82, 2.24) is 0 Å². The van der Waals surface area contributed by atoms with E-state index < -0.39 is 0 Å². The van der Waals surface area contributed by atoms with Gasteiger partial charge in [-0.05, 0) is 78.6 Å². The summed E-state index contributed by atoms with van der Waals surface area (Å²) in [5.74, 6) is 1.28. The Morgan fingerprint density at radius 3 is 1.64 bits per heavy atom. The van der Waals surface area contributed by atoms with Gasteiger partial charge in [0.2, 0.25) is 0 Å². The summed E-state index contributed by atoms with van der Waals surface area (Å²) in [6.45, 7) is 2.91. The zero-order valence-electron chi connectivity index (χ0n) is 29.3. The second-order valence-electron chi connectivity index (χ2n) is 13.5. The summed E-state index contributed by atoms with van der Waals surface area (Å²) < 4.78 is 11.8. The molecule has 0 heterocycles. The van der Waals surface area contributed by atoms with Crippen LogP contribution in [-0.4, -0.2) is 12.6 Å². The molecule has 0 unspecified atom stereocenters. The maximum atomic E-state index is 12.9. The summed E-state index contributed by atoms with van der Waals surface area (Å²) in [7, 11) is 0. The number of benzene rings is 3. The van der Waals surface area contributed by atoms with Crippen molar-refractivity contribution in [2.75, 3.05) is 6.61 Å². The Morgan fingerprint density at radius 1 is 0.553 bits per heavy atom. The van der Waals surface area contributed by atoms with E-state index in [1.807, 2.05) is 42.5 Å². The van der Waals surface area contributed by atoms with Crippen molar-refractivity contribution in [2.45, 2.75) is 142 Å². The van der Waals surface area contributed by atoms with Crippen LogP contribution < -0.4 is 9.47 Å². The van der Waals surface area contributed by atoms with Gasteiger partial charge in [-0.3, -0.25) is 0 Å². The highest BCUT2D eigenvalue weighted by molar-refractivity contribution is 5.99. The van der Waals surface area contributed by atoms with Crippen molar-refractivity contribution in [3.05, 3.63) is 101 Å². The van der Waals surface area contributed by atoms with Gasteiger partial charge < -0.3 is 9.47 Å². The van der Waals surface area contributed by atoms with Crippen LogP contribution in [0, 0.1) is 0 Å². The molecule has 1 aliphatic carbocycles. The minimum absolute atomic E-state index is 0.226. The standard InChI is InChI=1S/C44H60O3/c1-2-3-4-5-6-7-8-9-10-11-12-13-14-15-16-18-22-37-27-31-40(32-28-37)46-36-35-38-29-33-41(34-30-38)47-44(45)43-26-21-25-42(43)39-23-19-17-20-24-39/h17,19-20,23-24,27-34H,2-16,18,21-22,25-26,35-36H2,1H3. The smallest absolute Gasteiger partial charge is 0.339 e. The molecule has 3 nitrogen and oxygen atoms in total. The maximum absolute atomic E-state index is 12.9. The van der Waals surface area contributed by atoms with E-state index in [1.54, 1.807) is 0 Å². The molecular weight excluding hydrogens is 576 g/mol. The third kappa shape index (κ3) is 14.1. The molecule has 0 aliphatic heterocycles. The van der Waals surface area contributed by atoms with Crippen LogP contribution in [0.2, 0.25) is 0 Å². The van der Waals surface area contributed by atoms with Gasteiger partial charge in [-0.15, -0.1) is 0 Å². The molecule has 4 rings (SSSR count). The summed E-state index contributed by atoms with van der Waals surface area (Å²) in [6, 6.07) is 26.6. The van der Waals surface area contributed by atoms with Gasteiger partial charge in [0.25, 0.3) is 0 Å². The highest BCUT2D eigenvalue weighted by Gasteiger charge is 2.23. The molecule has 0 amide bonds. The highest BCUT2D eigenvalue weighted by Crippen LogP contribution is 2.34. The number of aryl methyl sites for hydroxylation is 1. The fourth-order valence-corrected chi connectivity index (χ4v) is 6.74. The summed E-state index contributed by atoms with van der Waals surface area (Å²) in [5.41, 5.74) is 5.62. The third-order valence-corrected chi connectivity index (χ3v) is 9.62. The third-order valence-electron chi connectivity index (χ3n) is 9.62. The van der Waals surface area contributed by atoms with E-state index in [9.17, 15) is 4.79 Å². The molecule has 0 saturated carbocycles. The fraction of sp³-hybridized carbons (Fsp3) is 0.523. The van der Waals surface area contributed by atoms with Crippen molar-refractivity contribution in [3.8, 4) is 11.5 Å². The van der Waals surface area contributed by atoms with Crippen molar-refractivity contribution in [1.29, 1.82) is 0 Å². The Balaban J connectivity index is 1.01. The molecule has 0 saturated heterocycles. The van der Waals surface area contributed by atoms with Gasteiger partial charge in [0.05, 0.1) is 6.61 Å². The van der Waals surface area contributed by atoms with Crippen LogP contribution in [0.15, 0.2) is 84.4 Å². The Hall–Kier alpha value is -3.33. The molecule has 47 heavy (non-hydrogen) atoms. The van der Waals surface area contributed by atoms with Crippen molar-refractivity contribution in [2.24, 2.45) is 0 Å². The molecule has 1 aliphatic rings. The molecular formula is C44H60O3. The lowest BCUT2D eigenvalue weighted by atomic mass is 10.0. The zero-order chi connectivity index (χ0) is 32.8. The van der Waals surface area contributed by atoms with Crippen LogP contribution >= 0.6 is 0 Å². The van der Waals surface area contributed by atoms with E-state index >= 15 is 0 Å². The molecule has 0 N–H and O–H groups in total. The monoisotopic (exact) mass is 636 g/mol. The molecule has 3 aromatic carbocycles. The van der Waals surface area contributed by atoms with Crippen LogP contribution in [-0.2, 0) is 17.6 Å². The molecule has 254 valence electrons. The molecule has 0 fully saturated rings. The minimum Gasteiger partial charge on any atom is -0.493 e. The topological polar surface area (TPSA) is 35.5 Å². The molecule has 3 aromatic rings. The van der Waals surface area contributed by atoms with Crippen LogP contribution in [0.25, 0.3) is 5.57 Å². The molecule has 0 atom stereocenters. The molecule has 0 radical (unpaired) electrons. The molecule has 3 heteroatoms. The number of hydrogen-bond donors (Lipinski definition) is 0. The van der Waals surface area contributed by atoms with Gasteiger partial charge in [0, 0.05) is 12.0 Å². The maximum Gasteiger partial charge on any atom is 0.339 e. The van der Waals surface area contributed by atoms with Crippen LogP contribution in [0.4, 0.5) is 0 Å². The Morgan fingerprint density at radius 2 is 1.06 bits per heavy atom. The van der Waals surface area contributed by atoms with Crippen molar-refractivity contribution >= 4 is 11.5 Å². The summed E-state index contributed by atoms with van der Waals surface area (Å²) >= 11 is 0.